The first-order valence-electron chi connectivity index (χ1n) is 6.62. The molecule has 10 heteroatoms. The summed E-state index contributed by atoms with van der Waals surface area (Å²) in [7, 11) is 0. The Hall–Kier alpha value is -3.43. The van der Waals surface area contributed by atoms with Gasteiger partial charge < -0.3 is 26.0 Å². The number of alkyl halides is 3. The van der Waals surface area contributed by atoms with E-state index in [1.54, 1.807) is 5.32 Å². The largest absolute Gasteiger partial charge is 0.504 e. The number of hydrogen-bond acceptors (Lipinski definition) is 5. The van der Waals surface area contributed by atoms with Crippen molar-refractivity contribution >= 4 is 23.2 Å². The predicted octanol–water partition coefficient (Wildman–Crippen LogP) is 2.56. The molecule has 0 heterocycles. The normalized spacial score (nSPS) is 11.0. The first kappa shape index (κ1) is 17.9. The molecular weight excluding hydrogens is 345 g/mol. The summed E-state index contributed by atoms with van der Waals surface area (Å²) in [4.78, 5) is 22.8. The number of phenolic OH excluding ortho intramolecular Hbond substituents is 3. The number of carbonyl (C=O) groups excluding carboxylic acids is 2. The van der Waals surface area contributed by atoms with Crippen LogP contribution >= 0.6 is 0 Å². The third-order valence-electron chi connectivity index (χ3n) is 2.99. The van der Waals surface area contributed by atoms with Crippen molar-refractivity contribution in [2.75, 3.05) is 10.6 Å². The lowest BCUT2D eigenvalue weighted by Gasteiger charge is -2.10. The van der Waals surface area contributed by atoms with Crippen LogP contribution in [-0.2, 0) is 4.79 Å². The van der Waals surface area contributed by atoms with Crippen LogP contribution in [0.3, 0.4) is 0 Å². The van der Waals surface area contributed by atoms with E-state index in [1.807, 2.05) is 0 Å². The molecule has 2 rings (SSSR count). The monoisotopic (exact) mass is 356 g/mol. The lowest BCUT2D eigenvalue weighted by Crippen LogP contribution is -2.29. The maximum absolute atomic E-state index is 12.1. The van der Waals surface area contributed by atoms with E-state index in [0.29, 0.717) is 0 Å². The van der Waals surface area contributed by atoms with Crippen molar-refractivity contribution in [2.24, 2.45) is 0 Å². The summed E-state index contributed by atoms with van der Waals surface area (Å²) in [6, 6.07) is 6.61. The van der Waals surface area contributed by atoms with Gasteiger partial charge in [-0.2, -0.15) is 13.2 Å². The Morgan fingerprint density at radius 1 is 0.840 bits per heavy atom. The minimum absolute atomic E-state index is 0.125. The molecule has 0 aliphatic heterocycles. The van der Waals surface area contributed by atoms with E-state index >= 15 is 0 Å². The van der Waals surface area contributed by atoms with Crippen molar-refractivity contribution in [1.82, 2.24) is 0 Å². The molecule has 132 valence electrons. The van der Waals surface area contributed by atoms with Crippen molar-refractivity contribution in [2.45, 2.75) is 6.18 Å². The molecule has 25 heavy (non-hydrogen) atoms. The zero-order chi connectivity index (χ0) is 18.8. The molecule has 0 aliphatic rings. The molecule has 0 fully saturated rings. The topological polar surface area (TPSA) is 119 Å². The highest BCUT2D eigenvalue weighted by molar-refractivity contribution is 6.05. The van der Waals surface area contributed by atoms with Gasteiger partial charge in [0.25, 0.3) is 5.91 Å². The van der Waals surface area contributed by atoms with Gasteiger partial charge in [0.05, 0.1) is 0 Å². The summed E-state index contributed by atoms with van der Waals surface area (Å²) in [6.45, 7) is 0. The molecule has 0 aromatic heterocycles. The molecule has 0 radical (unpaired) electrons. The Morgan fingerprint density at radius 3 is 1.72 bits per heavy atom. The maximum atomic E-state index is 12.1. The summed E-state index contributed by atoms with van der Waals surface area (Å²) in [5.41, 5.74) is -0.107. The van der Waals surface area contributed by atoms with E-state index in [2.05, 4.69) is 5.32 Å². The molecular formula is C15H11F3N2O5. The van der Waals surface area contributed by atoms with E-state index in [-0.39, 0.29) is 16.9 Å². The second kappa shape index (κ2) is 6.59. The van der Waals surface area contributed by atoms with Crippen LogP contribution in [-0.4, -0.2) is 33.3 Å². The van der Waals surface area contributed by atoms with Crippen LogP contribution in [0.4, 0.5) is 24.5 Å². The van der Waals surface area contributed by atoms with Gasteiger partial charge >= 0.3 is 12.1 Å². The number of rotatable bonds is 3. The van der Waals surface area contributed by atoms with Crippen molar-refractivity contribution in [3.8, 4) is 17.2 Å². The van der Waals surface area contributed by atoms with Gasteiger partial charge in [-0.25, -0.2) is 0 Å². The predicted molar refractivity (Wildman–Crippen MR) is 80.5 cm³/mol. The molecule has 0 saturated carbocycles. The Labute approximate surface area is 138 Å². The van der Waals surface area contributed by atoms with Gasteiger partial charge in [-0.15, -0.1) is 0 Å². The average Bonchev–Trinajstić information content (AvgIpc) is 2.53. The molecule has 2 aromatic carbocycles. The fourth-order valence-electron chi connectivity index (χ4n) is 1.78. The highest BCUT2D eigenvalue weighted by Gasteiger charge is 2.38. The summed E-state index contributed by atoms with van der Waals surface area (Å²) in [5.74, 6) is -5.05. The second-order valence-corrected chi connectivity index (χ2v) is 4.85. The van der Waals surface area contributed by atoms with Gasteiger partial charge in [0.15, 0.2) is 17.2 Å². The molecule has 7 nitrogen and oxygen atoms in total. The van der Waals surface area contributed by atoms with Crippen LogP contribution in [0.5, 0.6) is 17.2 Å². The number of benzene rings is 2. The van der Waals surface area contributed by atoms with Gasteiger partial charge in [-0.05, 0) is 36.4 Å². The Bertz CT molecular complexity index is 796. The van der Waals surface area contributed by atoms with Crippen LogP contribution < -0.4 is 10.6 Å². The lowest BCUT2D eigenvalue weighted by molar-refractivity contribution is -0.167. The van der Waals surface area contributed by atoms with E-state index in [1.165, 1.54) is 12.1 Å². The quantitative estimate of drug-likeness (QED) is 0.542. The van der Waals surface area contributed by atoms with Gasteiger partial charge in [-0.1, -0.05) is 0 Å². The Balaban J connectivity index is 2.08. The molecule has 2 amide bonds. The minimum Gasteiger partial charge on any atom is -0.504 e. The third-order valence-corrected chi connectivity index (χ3v) is 2.99. The maximum Gasteiger partial charge on any atom is 0.471 e. The number of hydrogen-bond donors (Lipinski definition) is 5. The van der Waals surface area contributed by atoms with E-state index < -0.39 is 35.2 Å². The van der Waals surface area contributed by atoms with Crippen molar-refractivity contribution in [3.63, 3.8) is 0 Å². The van der Waals surface area contributed by atoms with Crippen LogP contribution in [0, 0.1) is 0 Å². The first-order valence-corrected chi connectivity index (χ1v) is 6.62. The fourth-order valence-corrected chi connectivity index (χ4v) is 1.78. The van der Waals surface area contributed by atoms with Gasteiger partial charge in [0.2, 0.25) is 0 Å². The Kier molecular flexibility index (Phi) is 4.72. The number of carbonyl (C=O) groups is 2. The molecule has 2 aromatic rings. The van der Waals surface area contributed by atoms with Crippen molar-refractivity contribution in [1.29, 1.82) is 0 Å². The van der Waals surface area contributed by atoms with E-state index in [0.717, 1.165) is 24.3 Å². The van der Waals surface area contributed by atoms with E-state index in [4.69, 9.17) is 0 Å². The number of amides is 2. The first-order chi connectivity index (χ1) is 11.6. The fraction of sp³-hybridized carbons (Fsp3) is 0.0667. The third kappa shape index (κ3) is 4.31. The molecule has 0 saturated heterocycles. The Morgan fingerprint density at radius 2 is 1.28 bits per heavy atom. The van der Waals surface area contributed by atoms with Gasteiger partial charge in [0, 0.05) is 16.9 Å². The number of anilines is 2. The second-order valence-electron chi connectivity index (χ2n) is 4.85. The number of halogens is 3. The zero-order valence-electron chi connectivity index (χ0n) is 12.3. The summed E-state index contributed by atoms with van der Waals surface area (Å²) < 4.78 is 36.4. The number of phenols is 3. The van der Waals surface area contributed by atoms with Crippen LogP contribution in [0.1, 0.15) is 10.4 Å². The molecule has 5 N–H and O–H groups in total. The van der Waals surface area contributed by atoms with Crippen molar-refractivity contribution in [3.05, 3.63) is 42.0 Å². The molecule has 0 unspecified atom stereocenters. The van der Waals surface area contributed by atoms with Gasteiger partial charge in [-0.3, -0.25) is 9.59 Å². The SMILES string of the molecule is O=C(Nc1ccc(NC(=O)C(F)(F)F)cc1)c1cc(O)c(O)c(O)c1. The molecule has 0 aliphatic carbocycles. The lowest BCUT2D eigenvalue weighted by atomic mass is 10.1. The average molecular weight is 356 g/mol. The van der Waals surface area contributed by atoms with Crippen LogP contribution in [0.25, 0.3) is 0 Å². The summed E-state index contributed by atoms with van der Waals surface area (Å²) in [5, 5.41) is 31.9. The summed E-state index contributed by atoms with van der Waals surface area (Å²) in [6.07, 6.45) is -5.02. The zero-order valence-corrected chi connectivity index (χ0v) is 12.3. The van der Waals surface area contributed by atoms with Crippen LogP contribution in [0.2, 0.25) is 0 Å². The number of nitrogens with one attached hydrogen (secondary N) is 2. The highest BCUT2D eigenvalue weighted by atomic mass is 19.4. The standard InChI is InChI=1S/C15H11F3N2O5/c16-15(17,18)14(25)20-9-3-1-8(2-4-9)19-13(24)7-5-10(21)12(23)11(22)6-7/h1-6,21-23H,(H,19,24)(H,20,25). The number of aromatic hydroxyl groups is 3. The molecule has 0 spiro atoms. The highest BCUT2D eigenvalue weighted by Crippen LogP contribution is 2.35. The van der Waals surface area contributed by atoms with Gasteiger partial charge in [0.1, 0.15) is 0 Å². The summed E-state index contributed by atoms with van der Waals surface area (Å²) >= 11 is 0. The smallest absolute Gasteiger partial charge is 0.471 e. The van der Waals surface area contributed by atoms with Crippen molar-refractivity contribution < 1.29 is 38.1 Å². The molecule has 0 atom stereocenters. The molecule has 0 bridgehead atoms. The van der Waals surface area contributed by atoms with Crippen LogP contribution in [0.15, 0.2) is 36.4 Å². The van der Waals surface area contributed by atoms with E-state index in [9.17, 15) is 38.1 Å². The minimum atomic E-state index is -5.02.